The van der Waals surface area contributed by atoms with Crippen LogP contribution in [0.2, 0.25) is 0 Å². The van der Waals surface area contributed by atoms with Crippen LogP contribution in [0.5, 0.6) is 0 Å². The molecule has 2 heterocycles. The molecule has 0 spiro atoms. The molecule has 0 saturated heterocycles. The van der Waals surface area contributed by atoms with Crippen molar-refractivity contribution in [3.05, 3.63) is 48.4 Å². The maximum absolute atomic E-state index is 11.9. The fraction of sp³-hybridized carbons (Fsp3) is 0.312. The number of benzene rings is 1. The molecule has 0 aliphatic carbocycles. The fourth-order valence-electron chi connectivity index (χ4n) is 2.98. The molecule has 1 aromatic carbocycles. The third-order valence-electron chi connectivity index (χ3n) is 3.81. The van der Waals surface area contributed by atoms with Gasteiger partial charge in [0.25, 0.3) is 0 Å². The minimum Gasteiger partial charge on any atom is -0.362 e. The van der Waals surface area contributed by atoms with Crippen molar-refractivity contribution in [2.45, 2.75) is 32.4 Å². The van der Waals surface area contributed by atoms with E-state index in [0.717, 1.165) is 23.5 Å². The standard InChI is InChI=1S/C16H18N4O/c1-11-9-14(19-16-10-17-7-8-18-16)13-5-3-4-6-15(13)20(11)12(2)21/h3-8,10-11,14H,9H2,1-2H3,(H,18,19)/t11-,14+/m1/s1. The molecule has 1 N–H and O–H groups in total. The maximum atomic E-state index is 11.9. The Morgan fingerprint density at radius 3 is 2.86 bits per heavy atom. The summed E-state index contributed by atoms with van der Waals surface area (Å²) in [6.07, 6.45) is 5.88. The summed E-state index contributed by atoms with van der Waals surface area (Å²) in [6.45, 7) is 3.69. The number of para-hydroxylation sites is 1. The van der Waals surface area contributed by atoms with Crippen molar-refractivity contribution in [2.75, 3.05) is 10.2 Å². The Bertz CT molecular complexity index is 644. The van der Waals surface area contributed by atoms with Gasteiger partial charge >= 0.3 is 0 Å². The Labute approximate surface area is 124 Å². The summed E-state index contributed by atoms with van der Waals surface area (Å²) in [5.74, 6) is 0.827. The summed E-state index contributed by atoms with van der Waals surface area (Å²) < 4.78 is 0. The zero-order valence-corrected chi connectivity index (χ0v) is 12.2. The SMILES string of the molecule is CC(=O)N1c2ccccc2[C@@H](Nc2cnccn2)C[C@H]1C. The van der Waals surface area contributed by atoms with Gasteiger partial charge in [-0.2, -0.15) is 0 Å². The first kappa shape index (κ1) is 13.5. The van der Waals surface area contributed by atoms with E-state index in [1.54, 1.807) is 25.5 Å². The molecule has 0 radical (unpaired) electrons. The van der Waals surface area contributed by atoms with Crippen LogP contribution in [0.4, 0.5) is 11.5 Å². The first-order valence-corrected chi connectivity index (χ1v) is 7.08. The normalized spacial score (nSPS) is 20.8. The molecule has 0 fully saturated rings. The number of aromatic nitrogens is 2. The van der Waals surface area contributed by atoms with Gasteiger partial charge in [0.15, 0.2) is 0 Å². The van der Waals surface area contributed by atoms with Crippen LogP contribution < -0.4 is 10.2 Å². The zero-order valence-electron chi connectivity index (χ0n) is 12.2. The highest BCUT2D eigenvalue weighted by Crippen LogP contribution is 2.38. The van der Waals surface area contributed by atoms with E-state index < -0.39 is 0 Å². The molecule has 5 heteroatoms. The van der Waals surface area contributed by atoms with Gasteiger partial charge in [-0.1, -0.05) is 18.2 Å². The average Bonchev–Trinajstić information content (AvgIpc) is 2.48. The number of amides is 1. The smallest absolute Gasteiger partial charge is 0.224 e. The number of hydrogen-bond donors (Lipinski definition) is 1. The van der Waals surface area contributed by atoms with Gasteiger partial charge in [0.2, 0.25) is 5.91 Å². The van der Waals surface area contributed by atoms with Crippen LogP contribution in [0.1, 0.15) is 31.9 Å². The zero-order chi connectivity index (χ0) is 14.8. The lowest BCUT2D eigenvalue weighted by Gasteiger charge is -2.39. The Hall–Kier alpha value is -2.43. The predicted octanol–water partition coefficient (Wildman–Crippen LogP) is 2.77. The predicted molar refractivity (Wildman–Crippen MR) is 82.1 cm³/mol. The molecule has 2 atom stereocenters. The molecule has 1 aromatic heterocycles. The van der Waals surface area contributed by atoms with E-state index in [9.17, 15) is 4.79 Å². The van der Waals surface area contributed by atoms with Crippen LogP contribution in [0, 0.1) is 0 Å². The Morgan fingerprint density at radius 2 is 2.14 bits per heavy atom. The van der Waals surface area contributed by atoms with E-state index in [1.165, 1.54) is 0 Å². The number of rotatable bonds is 2. The third-order valence-corrected chi connectivity index (χ3v) is 3.81. The molecule has 0 saturated carbocycles. The van der Waals surface area contributed by atoms with Crippen molar-refractivity contribution in [1.29, 1.82) is 0 Å². The summed E-state index contributed by atoms with van der Waals surface area (Å²) in [4.78, 5) is 22.1. The molecule has 1 amide bonds. The van der Waals surface area contributed by atoms with Gasteiger partial charge in [-0.25, -0.2) is 4.98 Å². The first-order chi connectivity index (χ1) is 10.2. The second kappa shape index (κ2) is 5.52. The van der Waals surface area contributed by atoms with Crippen LogP contribution >= 0.6 is 0 Å². The number of carbonyl (C=O) groups excluding carboxylic acids is 1. The van der Waals surface area contributed by atoms with Crippen molar-refractivity contribution < 1.29 is 4.79 Å². The lowest BCUT2D eigenvalue weighted by molar-refractivity contribution is -0.117. The van der Waals surface area contributed by atoms with Crippen molar-refractivity contribution in [1.82, 2.24) is 9.97 Å². The second-order valence-corrected chi connectivity index (χ2v) is 5.32. The molecule has 21 heavy (non-hydrogen) atoms. The number of anilines is 2. The number of carbonyl (C=O) groups is 1. The molecule has 1 aliphatic heterocycles. The largest absolute Gasteiger partial charge is 0.362 e. The fourth-order valence-corrected chi connectivity index (χ4v) is 2.98. The highest BCUT2D eigenvalue weighted by atomic mass is 16.2. The second-order valence-electron chi connectivity index (χ2n) is 5.32. The first-order valence-electron chi connectivity index (χ1n) is 7.08. The van der Waals surface area contributed by atoms with E-state index in [2.05, 4.69) is 28.3 Å². The van der Waals surface area contributed by atoms with Crippen molar-refractivity contribution in [3.8, 4) is 0 Å². The summed E-state index contributed by atoms with van der Waals surface area (Å²) in [7, 11) is 0. The van der Waals surface area contributed by atoms with Crippen molar-refractivity contribution >= 4 is 17.4 Å². The molecule has 5 nitrogen and oxygen atoms in total. The van der Waals surface area contributed by atoms with Crippen LogP contribution in [-0.2, 0) is 4.79 Å². The Kier molecular flexibility index (Phi) is 3.56. The Balaban J connectivity index is 1.96. The molecule has 2 aromatic rings. The number of nitrogens with one attached hydrogen (secondary N) is 1. The van der Waals surface area contributed by atoms with Gasteiger partial charge in [-0.15, -0.1) is 0 Å². The molecule has 108 valence electrons. The van der Waals surface area contributed by atoms with Gasteiger partial charge in [-0.05, 0) is 25.0 Å². The lowest BCUT2D eigenvalue weighted by Crippen LogP contribution is -2.43. The van der Waals surface area contributed by atoms with E-state index in [-0.39, 0.29) is 18.0 Å². The average molecular weight is 282 g/mol. The molecule has 3 rings (SSSR count). The van der Waals surface area contributed by atoms with Crippen molar-refractivity contribution in [3.63, 3.8) is 0 Å². The molecular weight excluding hydrogens is 264 g/mol. The summed E-state index contributed by atoms with van der Waals surface area (Å²) in [5, 5.41) is 3.42. The maximum Gasteiger partial charge on any atom is 0.224 e. The monoisotopic (exact) mass is 282 g/mol. The van der Waals surface area contributed by atoms with Crippen LogP contribution in [0.15, 0.2) is 42.9 Å². The van der Waals surface area contributed by atoms with Crippen molar-refractivity contribution in [2.24, 2.45) is 0 Å². The third kappa shape index (κ3) is 2.59. The Morgan fingerprint density at radius 1 is 1.33 bits per heavy atom. The van der Waals surface area contributed by atoms with E-state index in [4.69, 9.17) is 0 Å². The summed E-state index contributed by atoms with van der Waals surface area (Å²) in [5.41, 5.74) is 2.10. The molecular formula is C16H18N4O. The summed E-state index contributed by atoms with van der Waals surface area (Å²) in [6, 6.07) is 8.29. The number of nitrogens with zero attached hydrogens (tertiary/aromatic N) is 3. The van der Waals surface area contributed by atoms with Crippen LogP contribution in [0.25, 0.3) is 0 Å². The van der Waals surface area contributed by atoms with Gasteiger partial charge in [0.1, 0.15) is 5.82 Å². The van der Waals surface area contributed by atoms with Gasteiger partial charge in [-0.3, -0.25) is 9.78 Å². The lowest BCUT2D eigenvalue weighted by atomic mass is 9.91. The van der Waals surface area contributed by atoms with E-state index >= 15 is 0 Å². The van der Waals surface area contributed by atoms with Gasteiger partial charge in [0.05, 0.1) is 12.2 Å². The van der Waals surface area contributed by atoms with E-state index in [0.29, 0.717) is 0 Å². The molecule has 0 unspecified atom stereocenters. The van der Waals surface area contributed by atoms with Crippen LogP contribution in [0.3, 0.4) is 0 Å². The highest BCUT2D eigenvalue weighted by molar-refractivity contribution is 5.93. The number of fused-ring (bicyclic) bond motifs is 1. The van der Waals surface area contributed by atoms with Gasteiger partial charge < -0.3 is 10.2 Å². The molecule has 0 bridgehead atoms. The minimum absolute atomic E-state index is 0.0768. The van der Waals surface area contributed by atoms with Gasteiger partial charge in [0, 0.05) is 31.0 Å². The summed E-state index contributed by atoms with van der Waals surface area (Å²) >= 11 is 0. The topological polar surface area (TPSA) is 58.1 Å². The van der Waals surface area contributed by atoms with Crippen LogP contribution in [-0.4, -0.2) is 21.9 Å². The number of hydrogen-bond acceptors (Lipinski definition) is 4. The quantitative estimate of drug-likeness (QED) is 0.920. The molecule has 1 aliphatic rings. The highest BCUT2D eigenvalue weighted by Gasteiger charge is 2.32. The van der Waals surface area contributed by atoms with E-state index in [1.807, 2.05) is 23.1 Å². The minimum atomic E-state index is 0.0768.